The fraction of sp³-hybridized carbons (Fsp3) is 0.737. The van der Waals surface area contributed by atoms with Crippen molar-refractivity contribution < 1.29 is 23.0 Å². The minimum absolute atomic E-state index is 0.189. The molecule has 152 valence electrons. The van der Waals surface area contributed by atoms with Crippen molar-refractivity contribution in [2.24, 2.45) is 17.8 Å². The molecule has 1 aromatic rings. The van der Waals surface area contributed by atoms with Gasteiger partial charge in [0.05, 0.1) is 25.4 Å². The van der Waals surface area contributed by atoms with Crippen molar-refractivity contribution in [2.45, 2.75) is 56.4 Å². The van der Waals surface area contributed by atoms with Gasteiger partial charge in [-0.3, -0.25) is 4.79 Å². The number of hydrogen-bond donors (Lipinski definition) is 0. The Balaban J connectivity index is 1.79. The molecule has 0 amide bonds. The first kappa shape index (κ1) is 20.9. The van der Waals surface area contributed by atoms with Crippen LogP contribution >= 0.6 is 11.3 Å². The molecule has 1 saturated heterocycles. The predicted molar refractivity (Wildman–Crippen MR) is 104 cm³/mol. The van der Waals surface area contributed by atoms with Crippen molar-refractivity contribution in [3.8, 4) is 0 Å². The third-order valence-corrected chi connectivity index (χ3v) is 8.95. The van der Waals surface area contributed by atoms with Gasteiger partial charge in [0.25, 0.3) is 0 Å². The molecule has 2 aliphatic rings. The zero-order chi connectivity index (χ0) is 19.6. The largest absolute Gasteiger partial charge is 0.592 e. The Hall–Kier alpha value is -0.800. The summed E-state index contributed by atoms with van der Waals surface area (Å²) >= 11 is 1.18. The van der Waals surface area contributed by atoms with Crippen LogP contribution in [-0.4, -0.2) is 46.7 Å². The molecule has 0 spiro atoms. The lowest BCUT2D eigenvalue weighted by Gasteiger charge is -2.34. The van der Waals surface area contributed by atoms with Crippen molar-refractivity contribution in [3.63, 3.8) is 0 Å². The van der Waals surface area contributed by atoms with E-state index in [0.717, 1.165) is 19.3 Å². The molecule has 27 heavy (non-hydrogen) atoms. The van der Waals surface area contributed by atoms with Gasteiger partial charge < -0.3 is 14.0 Å². The van der Waals surface area contributed by atoms with Crippen molar-refractivity contribution in [1.82, 2.24) is 4.31 Å². The third-order valence-electron chi connectivity index (χ3n) is 5.67. The van der Waals surface area contributed by atoms with E-state index in [1.165, 1.54) is 15.6 Å². The fourth-order valence-corrected chi connectivity index (χ4v) is 6.97. The molecule has 1 aromatic heterocycles. The summed E-state index contributed by atoms with van der Waals surface area (Å²) < 4.78 is 39.1. The molecule has 6 nitrogen and oxygen atoms in total. The molecule has 5 atom stereocenters. The van der Waals surface area contributed by atoms with E-state index in [-0.39, 0.29) is 29.5 Å². The van der Waals surface area contributed by atoms with E-state index in [9.17, 15) is 13.6 Å². The minimum Gasteiger partial charge on any atom is -0.592 e. The van der Waals surface area contributed by atoms with Crippen LogP contribution in [0.15, 0.2) is 21.7 Å². The summed E-state index contributed by atoms with van der Waals surface area (Å²) in [6.07, 6.45) is 2.71. The van der Waals surface area contributed by atoms with Crippen LogP contribution in [0.3, 0.4) is 0 Å². The van der Waals surface area contributed by atoms with Crippen molar-refractivity contribution in [3.05, 3.63) is 17.5 Å². The first-order valence-electron chi connectivity index (χ1n) is 9.65. The molecule has 1 unspecified atom stereocenters. The molecule has 2 heterocycles. The molecule has 1 aliphatic carbocycles. The number of nitrogens with zero attached hydrogens (tertiary/aromatic N) is 1. The van der Waals surface area contributed by atoms with Crippen LogP contribution < -0.4 is 0 Å². The highest BCUT2D eigenvalue weighted by atomic mass is 32.3. The first-order chi connectivity index (χ1) is 12.8. The number of carbonyl (C=O) groups is 1. The Labute approximate surface area is 166 Å². The summed E-state index contributed by atoms with van der Waals surface area (Å²) in [4.78, 5) is 12.1. The standard InChI is InChI=1S/C19H29NO5S2/c1-4-24-18(21)11-20(27(22,23)19-6-5-7-26-19)16-8-14-10-17(13(2)3)25-12-15(14)9-16/h5-7,13-17H,4,8-12H2,1-3H3/t14-,15+,16-,17-/m0/s1. The monoisotopic (exact) mass is 415 g/mol. The highest BCUT2D eigenvalue weighted by Gasteiger charge is 2.48. The van der Waals surface area contributed by atoms with E-state index in [0.29, 0.717) is 24.4 Å². The second-order valence-corrected chi connectivity index (χ2v) is 10.8. The molecule has 8 heteroatoms. The van der Waals surface area contributed by atoms with Crippen LogP contribution in [0.1, 0.15) is 40.0 Å². The molecule has 2 fully saturated rings. The number of sulfonamides is 1. The summed E-state index contributed by atoms with van der Waals surface area (Å²) in [5.74, 6) is 0.756. The first-order valence-corrected chi connectivity index (χ1v) is 12.0. The Morgan fingerprint density at radius 1 is 1.41 bits per heavy atom. The van der Waals surface area contributed by atoms with Gasteiger partial charge in [-0.2, -0.15) is 0 Å². The lowest BCUT2D eigenvalue weighted by atomic mass is 9.85. The Kier molecular flexibility index (Phi) is 6.74. The summed E-state index contributed by atoms with van der Waals surface area (Å²) in [6.45, 7) is 6.73. The maximum Gasteiger partial charge on any atom is 0.324 e. The highest BCUT2D eigenvalue weighted by Crippen LogP contribution is 2.44. The molecular weight excluding hydrogens is 386 g/mol. The van der Waals surface area contributed by atoms with Crippen molar-refractivity contribution in [2.75, 3.05) is 19.8 Å². The molecule has 0 aromatic carbocycles. The summed E-state index contributed by atoms with van der Waals surface area (Å²) in [6, 6.07) is 3.12. The molecule has 3 rings (SSSR count). The van der Waals surface area contributed by atoms with Gasteiger partial charge in [0.15, 0.2) is 10.4 Å². The number of hydrogen-bond acceptors (Lipinski definition) is 6. The van der Waals surface area contributed by atoms with Gasteiger partial charge in [-0.1, -0.05) is 29.4 Å². The Bertz CT molecular complexity index is 678. The quantitative estimate of drug-likeness (QED) is 0.504. The van der Waals surface area contributed by atoms with Gasteiger partial charge in [0.2, 0.25) is 4.21 Å². The zero-order valence-electron chi connectivity index (χ0n) is 16.2. The summed E-state index contributed by atoms with van der Waals surface area (Å²) in [7, 11) is -3.72. The van der Waals surface area contributed by atoms with Gasteiger partial charge in [0.1, 0.15) is 6.54 Å². The summed E-state index contributed by atoms with van der Waals surface area (Å²) in [5.41, 5.74) is 0. The van der Waals surface area contributed by atoms with Gasteiger partial charge in [0, 0.05) is 6.07 Å². The molecule has 0 N–H and O–H groups in total. The Morgan fingerprint density at radius 3 is 2.78 bits per heavy atom. The van der Waals surface area contributed by atoms with E-state index in [1.807, 2.05) is 0 Å². The number of rotatable bonds is 7. The van der Waals surface area contributed by atoms with E-state index in [2.05, 4.69) is 13.8 Å². The lowest BCUT2D eigenvalue weighted by molar-refractivity contribution is -0.143. The second-order valence-electron chi connectivity index (χ2n) is 7.78. The SMILES string of the molecule is CCOC(=O)CN([C@@H]1C[C@@H]2CO[C@H](C(C)C)C[C@@H]2C1)[S+](=O)([O-])c1cccs1. The number of fused-ring (bicyclic) bond motifs is 1. The van der Waals surface area contributed by atoms with Crippen molar-refractivity contribution >= 4 is 27.7 Å². The Morgan fingerprint density at radius 2 is 2.15 bits per heavy atom. The molecule has 0 radical (unpaired) electrons. The van der Waals surface area contributed by atoms with E-state index in [1.54, 1.807) is 24.4 Å². The van der Waals surface area contributed by atoms with Gasteiger partial charge >= 0.3 is 5.97 Å². The highest BCUT2D eigenvalue weighted by molar-refractivity contribution is 7.97. The van der Waals surface area contributed by atoms with Crippen LogP contribution in [-0.2, 0) is 28.9 Å². The lowest BCUT2D eigenvalue weighted by Crippen LogP contribution is -2.46. The molecule has 0 bridgehead atoms. The van der Waals surface area contributed by atoms with Crippen molar-refractivity contribution in [1.29, 1.82) is 0 Å². The number of thiophene rings is 1. The average Bonchev–Trinajstić information content (AvgIpc) is 3.28. The molecule has 1 aliphatic heterocycles. The van der Waals surface area contributed by atoms with E-state index in [4.69, 9.17) is 9.47 Å². The molecule has 1 saturated carbocycles. The van der Waals surface area contributed by atoms with E-state index < -0.39 is 16.4 Å². The number of ether oxygens (including phenoxy) is 2. The van der Waals surface area contributed by atoms with Crippen LogP contribution in [0.5, 0.6) is 0 Å². The van der Waals surface area contributed by atoms with Gasteiger partial charge in [-0.05, 0) is 55.4 Å². The average molecular weight is 416 g/mol. The zero-order valence-corrected chi connectivity index (χ0v) is 17.8. The normalized spacial score (nSPS) is 30.3. The van der Waals surface area contributed by atoms with Crippen LogP contribution in [0, 0.1) is 17.8 Å². The van der Waals surface area contributed by atoms with E-state index >= 15 is 0 Å². The van der Waals surface area contributed by atoms with Gasteiger partial charge in [-0.15, -0.1) is 4.31 Å². The maximum atomic E-state index is 13.2. The van der Waals surface area contributed by atoms with Crippen LogP contribution in [0.2, 0.25) is 0 Å². The fourth-order valence-electron chi connectivity index (χ4n) is 4.26. The number of carbonyl (C=O) groups excluding carboxylic acids is 1. The minimum atomic E-state index is -3.72. The van der Waals surface area contributed by atoms with Crippen LogP contribution in [0.25, 0.3) is 0 Å². The predicted octanol–water partition coefficient (Wildman–Crippen LogP) is 3.36. The second kappa shape index (κ2) is 8.69. The third kappa shape index (κ3) is 4.62. The number of esters is 1. The smallest absolute Gasteiger partial charge is 0.324 e. The molecular formula is C19H29NO5S2. The maximum absolute atomic E-state index is 13.2. The van der Waals surface area contributed by atoms with Gasteiger partial charge in [-0.25, -0.2) is 0 Å². The topological polar surface area (TPSA) is 78.9 Å². The van der Waals surface area contributed by atoms with Crippen LogP contribution in [0.4, 0.5) is 0 Å². The summed E-state index contributed by atoms with van der Waals surface area (Å²) in [5, 5.41) is 1.74.